The number of carbonyl (C=O) groups is 1. The zero-order chi connectivity index (χ0) is 15.6. The predicted octanol–water partition coefficient (Wildman–Crippen LogP) is 3.26. The Hall–Kier alpha value is -1.34. The summed E-state index contributed by atoms with van der Waals surface area (Å²) in [5.41, 5.74) is 1.99. The molecule has 4 nitrogen and oxygen atoms in total. The van der Waals surface area contributed by atoms with Crippen LogP contribution in [-0.4, -0.2) is 23.7 Å². The third-order valence-electron chi connectivity index (χ3n) is 2.23. The van der Waals surface area contributed by atoms with Crippen LogP contribution in [0.1, 0.15) is 36.8 Å². The first-order chi connectivity index (χ1) is 8.99. The first kappa shape index (κ1) is 16.7. The highest BCUT2D eigenvalue weighted by atomic mass is 35.5. The molecule has 0 aromatic carbocycles. The number of hydrogen-bond donors (Lipinski definition) is 1. The highest BCUT2D eigenvalue weighted by molar-refractivity contribution is 6.29. The molecule has 20 heavy (non-hydrogen) atoms. The van der Waals surface area contributed by atoms with Gasteiger partial charge in [0.2, 0.25) is 0 Å². The summed E-state index contributed by atoms with van der Waals surface area (Å²) in [4.78, 5) is 19.8. The van der Waals surface area contributed by atoms with Crippen molar-refractivity contribution in [3.8, 4) is 0 Å². The molecule has 1 rings (SSSR count). The molecule has 0 saturated carbocycles. The minimum absolute atomic E-state index is 0.0806. The number of hydroxylamine groups is 1. The lowest BCUT2D eigenvalue weighted by atomic mass is 9.91. The summed E-state index contributed by atoms with van der Waals surface area (Å²) in [6, 6.07) is 2.71. The van der Waals surface area contributed by atoms with E-state index in [0.29, 0.717) is 5.69 Å². The molecule has 1 aromatic heterocycles. The summed E-state index contributed by atoms with van der Waals surface area (Å²) in [6.07, 6.45) is -4.51. The van der Waals surface area contributed by atoms with Gasteiger partial charge in [0.05, 0.1) is 0 Å². The number of aromatic nitrogens is 1. The average molecular weight is 311 g/mol. The SMILES string of the molecule is CC(C)(C)c1cc(C(=O)NOCC(F)(F)F)cc(Cl)n1. The van der Waals surface area contributed by atoms with Gasteiger partial charge in [-0.2, -0.15) is 13.2 Å². The molecule has 0 bridgehead atoms. The fraction of sp³-hybridized carbons (Fsp3) is 0.500. The Morgan fingerprint density at radius 3 is 2.45 bits per heavy atom. The maximum absolute atomic E-state index is 11.9. The van der Waals surface area contributed by atoms with Gasteiger partial charge in [-0.25, -0.2) is 10.5 Å². The molecule has 0 saturated heterocycles. The van der Waals surface area contributed by atoms with Gasteiger partial charge < -0.3 is 0 Å². The third kappa shape index (κ3) is 5.34. The van der Waals surface area contributed by atoms with Gasteiger partial charge in [0.1, 0.15) is 5.15 Å². The van der Waals surface area contributed by atoms with E-state index in [2.05, 4.69) is 9.82 Å². The number of amides is 1. The quantitative estimate of drug-likeness (QED) is 0.688. The van der Waals surface area contributed by atoms with Crippen LogP contribution in [0, 0.1) is 0 Å². The second-order valence-corrected chi connectivity index (χ2v) is 5.54. The number of halogens is 4. The molecule has 0 aliphatic rings. The zero-order valence-electron chi connectivity index (χ0n) is 11.1. The molecule has 8 heteroatoms. The van der Waals surface area contributed by atoms with E-state index >= 15 is 0 Å². The van der Waals surface area contributed by atoms with E-state index in [1.54, 1.807) is 5.48 Å². The van der Waals surface area contributed by atoms with Crippen molar-refractivity contribution in [2.75, 3.05) is 6.61 Å². The maximum Gasteiger partial charge on any atom is 0.414 e. The highest BCUT2D eigenvalue weighted by Gasteiger charge is 2.28. The summed E-state index contributed by atoms with van der Waals surface area (Å²) in [6.45, 7) is 4.04. The molecule has 112 valence electrons. The van der Waals surface area contributed by atoms with E-state index in [0.717, 1.165) is 0 Å². The molecule has 0 atom stereocenters. The smallest absolute Gasteiger partial charge is 0.267 e. The minimum Gasteiger partial charge on any atom is -0.267 e. The molecule has 0 fully saturated rings. The Morgan fingerprint density at radius 1 is 1.35 bits per heavy atom. The second kappa shape index (κ2) is 5.97. The normalized spacial score (nSPS) is 12.3. The molecule has 1 N–H and O–H groups in total. The van der Waals surface area contributed by atoms with Crippen molar-refractivity contribution < 1.29 is 22.8 Å². The Balaban J connectivity index is 2.81. The van der Waals surface area contributed by atoms with Crippen molar-refractivity contribution in [1.29, 1.82) is 0 Å². The predicted molar refractivity (Wildman–Crippen MR) is 67.4 cm³/mol. The van der Waals surface area contributed by atoms with Gasteiger partial charge in [0.15, 0.2) is 6.61 Å². The summed E-state index contributed by atoms with van der Waals surface area (Å²) < 4.78 is 35.7. The standard InChI is InChI=1S/C12H14ClF3N2O2/c1-11(2,3)8-4-7(5-9(13)17-8)10(19)18-20-6-12(14,15)16/h4-5H,6H2,1-3H3,(H,18,19). The van der Waals surface area contributed by atoms with Crippen molar-refractivity contribution in [3.63, 3.8) is 0 Å². The van der Waals surface area contributed by atoms with Crippen molar-refractivity contribution in [2.24, 2.45) is 0 Å². The van der Waals surface area contributed by atoms with Crippen LogP contribution in [0.5, 0.6) is 0 Å². The first-order valence-electron chi connectivity index (χ1n) is 5.66. The summed E-state index contributed by atoms with van der Waals surface area (Å²) in [5.74, 6) is -0.816. The van der Waals surface area contributed by atoms with E-state index in [4.69, 9.17) is 11.6 Å². The van der Waals surface area contributed by atoms with Crippen LogP contribution in [0.4, 0.5) is 13.2 Å². The largest absolute Gasteiger partial charge is 0.414 e. The van der Waals surface area contributed by atoms with Crippen molar-refractivity contribution in [1.82, 2.24) is 10.5 Å². The molecule has 0 spiro atoms. The van der Waals surface area contributed by atoms with Gasteiger partial charge in [0.25, 0.3) is 5.91 Å². The summed E-state index contributed by atoms with van der Waals surface area (Å²) in [7, 11) is 0. The van der Waals surface area contributed by atoms with E-state index < -0.39 is 18.7 Å². The molecule has 1 aromatic rings. The van der Waals surface area contributed by atoms with Crippen molar-refractivity contribution in [2.45, 2.75) is 32.4 Å². The summed E-state index contributed by atoms with van der Waals surface area (Å²) >= 11 is 5.79. The van der Waals surface area contributed by atoms with E-state index in [1.165, 1.54) is 12.1 Å². The monoisotopic (exact) mass is 310 g/mol. The Bertz CT molecular complexity index is 498. The molecule has 0 radical (unpaired) electrons. The number of rotatable bonds is 3. The lowest BCUT2D eigenvalue weighted by Gasteiger charge is -2.18. The molecule has 0 aliphatic heterocycles. The molecular weight excluding hydrogens is 297 g/mol. The van der Waals surface area contributed by atoms with Gasteiger partial charge in [-0.15, -0.1) is 0 Å². The van der Waals surface area contributed by atoms with Crippen molar-refractivity contribution >= 4 is 17.5 Å². The zero-order valence-corrected chi connectivity index (χ0v) is 11.9. The first-order valence-corrected chi connectivity index (χ1v) is 6.04. The number of pyridine rings is 1. The minimum atomic E-state index is -4.51. The Labute approximate surface area is 119 Å². The average Bonchev–Trinajstić information content (AvgIpc) is 2.25. The molecule has 0 aliphatic carbocycles. The third-order valence-corrected chi connectivity index (χ3v) is 2.42. The number of alkyl halides is 3. The van der Waals surface area contributed by atoms with E-state index in [1.807, 2.05) is 20.8 Å². The Kier molecular flexibility index (Phi) is 4.99. The number of carbonyl (C=O) groups excluding carboxylic acids is 1. The topological polar surface area (TPSA) is 51.2 Å². The lowest BCUT2D eigenvalue weighted by Crippen LogP contribution is -2.30. The summed E-state index contributed by atoms with van der Waals surface area (Å²) in [5, 5.41) is 0.0818. The van der Waals surface area contributed by atoms with Crippen LogP contribution in [0.3, 0.4) is 0 Å². The second-order valence-electron chi connectivity index (χ2n) is 5.15. The maximum atomic E-state index is 11.9. The van der Waals surface area contributed by atoms with Gasteiger partial charge in [-0.05, 0) is 12.1 Å². The van der Waals surface area contributed by atoms with Gasteiger partial charge >= 0.3 is 6.18 Å². The fourth-order valence-corrected chi connectivity index (χ4v) is 1.46. The van der Waals surface area contributed by atoms with Crippen molar-refractivity contribution in [3.05, 3.63) is 28.5 Å². The van der Waals surface area contributed by atoms with Crippen LogP contribution in [0.25, 0.3) is 0 Å². The highest BCUT2D eigenvalue weighted by Crippen LogP contribution is 2.23. The lowest BCUT2D eigenvalue weighted by molar-refractivity contribution is -0.184. The van der Waals surface area contributed by atoms with E-state index in [9.17, 15) is 18.0 Å². The van der Waals surface area contributed by atoms with Gasteiger partial charge in [-0.1, -0.05) is 32.4 Å². The number of hydrogen-bond acceptors (Lipinski definition) is 3. The molecule has 1 heterocycles. The fourth-order valence-electron chi connectivity index (χ4n) is 1.25. The Morgan fingerprint density at radius 2 is 1.95 bits per heavy atom. The molecule has 0 unspecified atom stereocenters. The van der Waals surface area contributed by atoms with Gasteiger partial charge in [-0.3, -0.25) is 9.63 Å². The number of nitrogens with one attached hydrogen (secondary N) is 1. The van der Waals surface area contributed by atoms with Crippen LogP contribution in [-0.2, 0) is 10.3 Å². The molecule has 1 amide bonds. The van der Waals surface area contributed by atoms with Crippen LogP contribution in [0.2, 0.25) is 5.15 Å². The number of nitrogens with zero attached hydrogens (tertiary/aromatic N) is 1. The molecular formula is C12H14ClF3N2O2. The van der Waals surface area contributed by atoms with Gasteiger partial charge in [0, 0.05) is 16.7 Å². The van der Waals surface area contributed by atoms with Crippen LogP contribution >= 0.6 is 11.6 Å². The van der Waals surface area contributed by atoms with Crippen LogP contribution in [0.15, 0.2) is 12.1 Å². The van der Waals surface area contributed by atoms with Crippen LogP contribution < -0.4 is 5.48 Å². The van der Waals surface area contributed by atoms with E-state index in [-0.39, 0.29) is 16.1 Å².